The number of sulfonamides is 1. The Hall–Kier alpha value is -2.81. The summed E-state index contributed by atoms with van der Waals surface area (Å²) >= 11 is 0. The van der Waals surface area contributed by atoms with Gasteiger partial charge in [-0.2, -0.15) is 0 Å². The molecule has 1 fully saturated rings. The molecule has 1 saturated carbocycles. The Morgan fingerprint density at radius 1 is 1.18 bits per heavy atom. The normalized spacial score (nSPS) is 14.5. The third-order valence-electron chi connectivity index (χ3n) is 4.90. The number of rotatable bonds is 5. The van der Waals surface area contributed by atoms with Crippen LogP contribution in [0.4, 0.5) is 5.69 Å². The highest BCUT2D eigenvalue weighted by molar-refractivity contribution is 7.92. The first-order valence-electron chi connectivity index (χ1n) is 8.95. The molecule has 0 saturated heterocycles. The van der Waals surface area contributed by atoms with Crippen molar-refractivity contribution in [1.82, 2.24) is 9.13 Å². The highest BCUT2D eigenvalue weighted by Crippen LogP contribution is 2.34. The van der Waals surface area contributed by atoms with Gasteiger partial charge in [-0.25, -0.2) is 13.2 Å². The molecule has 8 nitrogen and oxygen atoms in total. The largest absolute Gasteiger partial charge is 0.420 e. The van der Waals surface area contributed by atoms with Gasteiger partial charge in [0.1, 0.15) is 0 Å². The van der Waals surface area contributed by atoms with Gasteiger partial charge in [-0.3, -0.25) is 14.1 Å². The Morgan fingerprint density at radius 2 is 1.89 bits per heavy atom. The van der Waals surface area contributed by atoms with Crippen molar-refractivity contribution in [2.75, 3.05) is 11.0 Å². The lowest BCUT2D eigenvalue weighted by Gasteiger charge is -2.11. The summed E-state index contributed by atoms with van der Waals surface area (Å²) in [6, 6.07) is 5.17. The fourth-order valence-electron chi connectivity index (χ4n) is 3.37. The zero-order valence-corrected chi connectivity index (χ0v) is 16.7. The van der Waals surface area contributed by atoms with Crippen LogP contribution in [0, 0.1) is 12.8 Å². The molecule has 0 amide bonds. The van der Waals surface area contributed by atoms with Crippen molar-refractivity contribution < 1.29 is 12.8 Å². The Morgan fingerprint density at radius 3 is 2.50 bits per heavy atom. The van der Waals surface area contributed by atoms with Crippen molar-refractivity contribution >= 4 is 26.8 Å². The minimum atomic E-state index is -3.58. The number of nitrogens with zero attached hydrogens (tertiary/aromatic N) is 2. The van der Waals surface area contributed by atoms with Crippen LogP contribution < -0.4 is 16.0 Å². The predicted molar refractivity (Wildman–Crippen MR) is 107 cm³/mol. The Labute approximate surface area is 161 Å². The summed E-state index contributed by atoms with van der Waals surface area (Å²) in [7, 11) is -1.92. The van der Waals surface area contributed by atoms with Crippen LogP contribution in [-0.2, 0) is 23.6 Å². The molecule has 0 spiro atoms. The zero-order chi connectivity index (χ0) is 20.2. The third kappa shape index (κ3) is 3.49. The van der Waals surface area contributed by atoms with E-state index in [0.29, 0.717) is 29.1 Å². The van der Waals surface area contributed by atoms with E-state index in [9.17, 15) is 18.0 Å². The Bertz CT molecular complexity index is 1280. The smallest absolute Gasteiger partial charge is 0.405 e. The molecular formula is C19H21N3O5S. The molecule has 9 heteroatoms. The second kappa shape index (κ2) is 6.37. The van der Waals surface area contributed by atoms with E-state index in [0.717, 1.165) is 24.7 Å². The van der Waals surface area contributed by atoms with Gasteiger partial charge in [0, 0.05) is 25.4 Å². The second-order valence-corrected chi connectivity index (χ2v) is 9.24. The molecular weight excluding hydrogens is 382 g/mol. The zero-order valence-electron chi connectivity index (χ0n) is 15.9. The van der Waals surface area contributed by atoms with E-state index >= 15 is 0 Å². The summed E-state index contributed by atoms with van der Waals surface area (Å²) in [5.41, 5.74) is 2.84. The molecule has 1 N–H and O–H groups in total. The van der Waals surface area contributed by atoms with Gasteiger partial charge in [0.25, 0.3) is 5.56 Å². The monoisotopic (exact) mass is 403 g/mol. The van der Waals surface area contributed by atoms with Crippen molar-refractivity contribution in [1.29, 1.82) is 0 Å². The minimum Gasteiger partial charge on any atom is -0.405 e. The van der Waals surface area contributed by atoms with Crippen molar-refractivity contribution in [2.24, 2.45) is 13.0 Å². The first kappa shape index (κ1) is 18.5. The van der Waals surface area contributed by atoms with Crippen molar-refractivity contribution in [3.63, 3.8) is 0 Å². The standard InChI is InChI=1S/C19H21N3O5S/c1-11-6-14(10-21(2)18(11)23)13-7-15(20-28(3,25)26)17-16(8-13)22(19(24)27-17)9-12-4-5-12/h6-8,10,12,20H,4-5,9H2,1-3H3. The topological polar surface area (TPSA) is 103 Å². The highest BCUT2D eigenvalue weighted by atomic mass is 32.2. The lowest BCUT2D eigenvalue weighted by atomic mass is 10.0. The van der Waals surface area contributed by atoms with Crippen LogP contribution in [0.3, 0.4) is 0 Å². The maximum atomic E-state index is 12.4. The van der Waals surface area contributed by atoms with E-state index in [1.54, 1.807) is 42.9 Å². The van der Waals surface area contributed by atoms with Crippen molar-refractivity contribution in [3.8, 4) is 11.1 Å². The lowest BCUT2D eigenvalue weighted by molar-refractivity contribution is 0.492. The molecule has 0 bridgehead atoms. The number of nitrogens with one attached hydrogen (secondary N) is 1. The first-order valence-corrected chi connectivity index (χ1v) is 10.8. The average molecular weight is 403 g/mol. The van der Waals surface area contributed by atoms with Gasteiger partial charge >= 0.3 is 5.76 Å². The number of benzene rings is 1. The number of aromatic nitrogens is 2. The van der Waals surface area contributed by atoms with Gasteiger partial charge < -0.3 is 8.98 Å². The number of aryl methyl sites for hydroxylation is 2. The van der Waals surface area contributed by atoms with Crippen LogP contribution >= 0.6 is 0 Å². The molecule has 148 valence electrons. The van der Waals surface area contributed by atoms with Crippen LogP contribution in [0.1, 0.15) is 18.4 Å². The minimum absolute atomic E-state index is 0.103. The quantitative estimate of drug-likeness (QED) is 0.702. The van der Waals surface area contributed by atoms with Crippen LogP contribution in [-0.4, -0.2) is 23.8 Å². The average Bonchev–Trinajstić information content (AvgIpc) is 3.35. The SMILES string of the molecule is Cc1cc(-c2cc(NS(C)(=O)=O)c3oc(=O)n(CC4CC4)c3c2)cn(C)c1=O. The molecule has 1 aliphatic rings. The third-order valence-corrected chi connectivity index (χ3v) is 5.49. The van der Waals surface area contributed by atoms with E-state index in [1.165, 1.54) is 4.57 Å². The number of oxazole rings is 1. The van der Waals surface area contributed by atoms with E-state index in [1.807, 2.05) is 0 Å². The molecule has 1 aromatic carbocycles. The molecule has 2 heterocycles. The maximum absolute atomic E-state index is 12.4. The Kier molecular flexibility index (Phi) is 4.22. The summed E-state index contributed by atoms with van der Waals surface area (Å²) < 4.78 is 34.5. The summed E-state index contributed by atoms with van der Waals surface area (Å²) in [6.07, 6.45) is 4.85. The lowest BCUT2D eigenvalue weighted by Crippen LogP contribution is -2.18. The molecule has 4 rings (SSSR count). The molecule has 0 unspecified atom stereocenters. The molecule has 3 aromatic rings. The van der Waals surface area contributed by atoms with Crippen molar-refractivity contribution in [2.45, 2.75) is 26.3 Å². The molecule has 0 radical (unpaired) electrons. The van der Waals surface area contributed by atoms with Crippen LogP contribution in [0.15, 0.2) is 38.4 Å². The summed E-state index contributed by atoms with van der Waals surface area (Å²) in [5, 5.41) is 0. The number of pyridine rings is 1. The van der Waals surface area contributed by atoms with Gasteiger partial charge in [-0.1, -0.05) is 0 Å². The number of anilines is 1. The molecule has 2 aromatic heterocycles. The predicted octanol–water partition coefficient (Wildman–Crippen LogP) is 2.05. The second-order valence-electron chi connectivity index (χ2n) is 7.50. The molecule has 1 aliphatic carbocycles. The van der Waals surface area contributed by atoms with E-state index in [4.69, 9.17) is 4.42 Å². The molecule has 0 atom stereocenters. The Balaban J connectivity index is 1.98. The summed E-state index contributed by atoms with van der Waals surface area (Å²) in [6.45, 7) is 2.26. The number of fused-ring (bicyclic) bond motifs is 1. The molecule has 0 aliphatic heterocycles. The fourth-order valence-corrected chi connectivity index (χ4v) is 3.92. The van der Waals surface area contributed by atoms with Gasteiger partial charge in [0.2, 0.25) is 10.0 Å². The summed E-state index contributed by atoms with van der Waals surface area (Å²) in [4.78, 5) is 24.4. The summed E-state index contributed by atoms with van der Waals surface area (Å²) in [5.74, 6) is -0.0690. The van der Waals surface area contributed by atoms with Gasteiger partial charge in [0.05, 0.1) is 17.5 Å². The molecule has 28 heavy (non-hydrogen) atoms. The van der Waals surface area contributed by atoms with E-state index in [-0.39, 0.29) is 16.8 Å². The fraction of sp³-hybridized carbons (Fsp3) is 0.368. The number of hydrogen-bond donors (Lipinski definition) is 1. The van der Waals surface area contributed by atoms with Gasteiger partial charge in [0.15, 0.2) is 5.58 Å². The van der Waals surface area contributed by atoms with Crippen LogP contribution in [0.2, 0.25) is 0 Å². The van der Waals surface area contributed by atoms with Gasteiger partial charge in [-0.05, 0) is 55.0 Å². The van der Waals surface area contributed by atoms with Crippen molar-refractivity contribution in [3.05, 3.63) is 50.9 Å². The van der Waals surface area contributed by atoms with E-state index < -0.39 is 15.8 Å². The number of hydrogen-bond acceptors (Lipinski definition) is 5. The van der Waals surface area contributed by atoms with Gasteiger partial charge in [-0.15, -0.1) is 0 Å². The van der Waals surface area contributed by atoms with Crippen LogP contribution in [0.25, 0.3) is 22.2 Å². The maximum Gasteiger partial charge on any atom is 0.420 e. The van der Waals surface area contributed by atoms with Crippen LogP contribution in [0.5, 0.6) is 0 Å². The first-order chi connectivity index (χ1) is 13.1. The van der Waals surface area contributed by atoms with E-state index in [2.05, 4.69) is 4.72 Å². The highest BCUT2D eigenvalue weighted by Gasteiger charge is 2.25.